The summed E-state index contributed by atoms with van der Waals surface area (Å²) in [6, 6.07) is 1.68. The van der Waals surface area contributed by atoms with Gasteiger partial charge in [-0.15, -0.1) is 0 Å². The third-order valence-corrected chi connectivity index (χ3v) is 2.19. The van der Waals surface area contributed by atoms with Crippen molar-refractivity contribution in [2.75, 3.05) is 13.1 Å². The summed E-state index contributed by atoms with van der Waals surface area (Å²) in [7, 11) is 0. The van der Waals surface area contributed by atoms with E-state index < -0.39 is 0 Å². The maximum atomic E-state index is 11.6. The summed E-state index contributed by atoms with van der Waals surface area (Å²) < 4.78 is 0.752. The lowest BCUT2D eigenvalue weighted by Crippen LogP contribution is -2.33. The number of nitrogens with zero attached hydrogens (tertiary/aromatic N) is 1. The Morgan fingerprint density at radius 2 is 2.00 bits per heavy atom. The minimum Gasteiger partial charge on any atom is -0.355 e. The van der Waals surface area contributed by atoms with Gasteiger partial charge in [-0.05, 0) is 22.0 Å². The zero-order valence-corrected chi connectivity index (χ0v) is 10.4. The van der Waals surface area contributed by atoms with Crippen LogP contribution in [0.5, 0.6) is 0 Å². The van der Waals surface area contributed by atoms with E-state index in [-0.39, 0.29) is 11.8 Å². The molecule has 0 bridgehead atoms. The summed E-state index contributed by atoms with van der Waals surface area (Å²) in [6.07, 6.45) is 3.09. The summed E-state index contributed by atoms with van der Waals surface area (Å²) in [5, 5.41) is 5.25. The summed E-state index contributed by atoms with van der Waals surface area (Å²) in [5.74, 6) is -0.322. The molecule has 1 heterocycles. The van der Waals surface area contributed by atoms with Gasteiger partial charge in [0.15, 0.2) is 0 Å². The molecule has 1 aromatic heterocycles. The minimum absolute atomic E-state index is 0.113. The van der Waals surface area contributed by atoms with E-state index in [4.69, 9.17) is 0 Å². The predicted octanol–water partition coefficient (Wildman–Crippen LogP) is 0.710. The Morgan fingerprint density at radius 1 is 1.31 bits per heavy atom. The van der Waals surface area contributed by atoms with E-state index in [1.165, 1.54) is 13.1 Å². The molecule has 6 heteroatoms. The molecular formula is C10H12BrN3O2. The van der Waals surface area contributed by atoms with E-state index in [1.54, 1.807) is 12.3 Å². The lowest BCUT2D eigenvalue weighted by Gasteiger charge is -2.05. The molecular weight excluding hydrogens is 274 g/mol. The van der Waals surface area contributed by atoms with Gasteiger partial charge in [-0.25, -0.2) is 0 Å². The summed E-state index contributed by atoms with van der Waals surface area (Å²) in [5.41, 5.74) is 0.484. The fourth-order valence-corrected chi connectivity index (χ4v) is 1.42. The van der Waals surface area contributed by atoms with Gasteiger partial charge in [-0.1, -0.05) is 0 Å². The van der Waals surface area contributed by atoms with Crippen molar-refractivity contribution in [3.63, 3.8) is 0 Å². The Hall–Kier alpha value is -1.43. The highest BCUT2D eigenvalue weighted by Crippen LogP contribution is 2.08. The summed E-state index contributed by atoms with van der Waals surface area (Å²) in [4.78, 5) is 26.0. The Balaban J connectivity index is 2.38. The van der Waals surface area contributed by atoms with Crippen molar-refractivity contribution in [3.05, 3.63) is 28.5 Å². The number of aromatic nitrogens is 1. The highest BCUT2D eigenvalue weighted by molar-refractivity contribution is 9.10. The number of nitrogens with one attached hydrogen (secondary N) is 2. The molecule has 2 amide bonds. The molecule has 0 spiro atoms. The summed E-state index contributed by atoms with van der Waals surface area (Å²) in [6.45, 7) is 2.24. The van der Waals surface area contributed by atoms with Crippen molar-refractivity contribution in [2.45, 2.75) is 6.92 Å². The normalized spacial score (nSPS) is 9.62. The third-order valence-electron chi connectivity index (χ3n) is 1.75. The molecule has 0 atom stereocenters. The van der Waals surface area contributed by atoms with E-state index in [2.05, 4.69) is 31.5 Å². The van der Waals surface area contributed by atoms with Crippen LogP contribution in [0.1, 0.15) is 17.3 Å². The van der Waals surface area contributed by atoms with Crippen LogP contribution in [-0.4, -0.2) is 29.9 Å². The van der Waals surface area contributed by atoms with Gasteiger partial charge in [0.25, 0.3) is 5.91 Å². The molecule has 0 unspecified atom stereocenters. The second kappa shape index (κ2) is 6.22. The van der Waals surface area contributed by atoms with Crippen molar-refractivity contribution in [1.29, 1.82) is 0 Å². The quantitative estimate of drug-likeness (QED) is 0.801. The SMILES string of the molecule is CC(=O)NCCNC(=O)c1cncc(Br)c1. The second-order valence-corrected chi connectivity index (χ2v) is 4.05. The van der Waals surface area contributed by atoms with Crippen LogP contribution in [-0.2, 0) is 4.79 Å². The first kappa shape index (κ1) is 12.6. The lowest BCUT2D eigenvalue weighted by atomic mass is 10.3. The lowest BCUT2D eigenvalue weighted by molar-refractivity contribution is -0.118. The average molecular weight is 286 g/mol. The van der Waals surface area contributed by atoms with Crippen LogP contribution in [0, 0.1) is 0 Å². The van der Waals surface area contributed by atoms with Gasteiger partial charge in [0, 0.05) is 36.9 Å². The molecule has 0 saturated heterocycles. The zero-order chi connectivity index (χ0) is 12.0. The van der Waals surface area contributed by atoms with E-state index in [0.717, 1.165) is 4.47 Å². The number of carbonyl (C=O) groups excluding carboxylic acids is 2. The van der Waals surface area contributed by atoms with Crippen LogP contribution in [0.2, 0.25) is 0 Å². The van der Waals surface area contributed by atoms with E-state index in [1.807, 2.05) is 0 Å². The Kier molecular flexibility index (Phi) is 4.91. The Morgan fingerprint density at radius 3 is 2.62 bits per heavy atom. The number of amides is 2. The number of carbonyl (C=O) groups is 2. The molecule has 0 fully saturated rings. The molecule has 86 valence electrons. The van der Waals surface area contributed by atoms with Gasteiger partial charge in [0.1, 0.15) is 0 Å². The molecule has 0 aromatic carbocycles. The van der Waals surface area contributed by atoms with E-state index in [9.17, 15) is 9.59 Å². The highest BCUT2D eigenvalue weighted by Gasteiger charge is 2.05. The third kappa shape index (κ3) is 4.39. The molecule has 1 aromatic rings. The topological polar surface area (TPSA) is 71.1 Å². The molecule has 0 aliphatic rings. The second-order valence-electron chi connectivity index (χ2n) is 3.13. The first-order chi connectivity index (χ1) is 7.59. The van der Waals surface area contributed by atoms with Crippen LogP contribution in [0.25, 0.3) is 0 Å². The van der Waals surface area contributed by atoms with Gasteiger partial charge in [0.05, 0.1) is 5.56 Å². The number of rotatable bonds is 4. The molecule has 0 radical (unpaired) electrons. The monoisotopic (exact) mass is 285 g/mol. The predicted molar refractivity (Wildman–Crippen MR) is 63.0 cm³/mol. The van der Waals surface area contributed by atoms with Gasteiger partial charge in [-0.3, -0.25) is 14.6 Å². The smallest absolute Gasteiger partial charge is 0.252 e. The minimum atomic E-state index is -0.209. The fraction of sp³-hybridized carbons (Fsp3) is 0.300. The maximum absolute atomic E-state index is 11.6. The van der Waals surface area contributed by atoms with Gasteiger partial charge < -0.3 is 10.6 Å². The molecule has 0 saturated carbocycles. The van der Waals surface area contributed by atoms with Gasteiger partial charge in [0.2, 0.25) is 5.91 Å². The first-order valence-electron chi connectivity index (χ1n) is 4.73. The van der Waals surface area contributed by atoms with Crippen LogP contribution >= 0.6 is 15.9 Å². The van der Waals surface area contributed by atoms with Crippen molar-refractivity contribution in [1.82, 2.24) is 15.6 Å². The molecule has 1 rings (SSSR count). The maximum Gasteiger partial charge on any atom is 0.252 e. The van der Waals surface area contributed by atoms with E-state index in [0.29, 0.717) is 18.7 Å². The van der Waals surface area contributed by atoms with E-state index >= 15 is 0 Å². The average Bonchev–Trinajstić information content (AvgIpc) is 2.24. The molecule has 2 N–H and O–H groups in total. The van der Waals surface area contributed by atoms with Crippen molar-refractivity contribution in [2.24, 2.45) is 0 Å². The molecule has 0 aliphatic carbocycles. The van der Waals surface area contributed by atoms with Crippen LogP contribution in [0.4, 0.5) is 0 Å². The van der Waals surface area contributed by atoms with Gasteiger partial charge in [-0.2, -0.15) is 0 Å². The largest absolute Gasteiger partial charge is 0.355 e. The molecule has 5 nitrogen and oxygen atoms in total. The van der Waals surface area contributed by atoms with Crippen LogP contribution < -0.4 is 10.6 Å². The number of pyridine rings is 1. The Labute approximate surface area is 102 Å². The molecule has 0 aliphatic heterocycles. The number of halogens is 1. The van der Waals surface area contributed by atoms with Crippen molar-refractivity contribution < 1.29 is 9.59 Å². The van der Waals surface area contributed by atoms with Crippen LogP contribution in [0.15, 0.2) is 22.9 Å². The van der Waals surface area contributed by atoms with Gasteiger partial charge >= 0.3 is 0 Å². The number of hydrogen-bond acceptors (Lipinski definition) is 3. The van der Waals surface area contributed by atoms with Crippen LogP contribution in [0.3, 0.4) is 0 Å². The first-order valence-corrected chi connectivity index (χ1v) is 5.52. The number of hydrogen-bond donors (Lipinski definition) is 2. The Bertz CT molecular complexity index is 395. The van der Waals surface area contributed by atoms with Crippen molar-refractivity contribution in [3.8, 4) is 0 Å². The molecule has 16 heavy (non-hydrogen) atoms. The zero-order valence-electron chi connectivity index (χ0n) is 8.79. The fourth-order valence-electron chi connectivity index (χ4n) is 1.05. The van der Waals surface area contributed by atoms with Crippen molar-refractivity contribution >= 4 is 27.7 Å². The standard InChI is InChI=1S/C10H12BrN3O2/c1-7(15)13-2-3-14-10(16)8-4-9(11)6-12-5-8/h4-6H,2-3H2,1H3,(H,13,15)(H,14,16). The summed E-state index contributed by atoms with van der Waals surface area (Å²) >= 11 is 3.23. The highest BCUT2D eigenvalue weighted by atomic mass is 79.9.